The minimum Gasteiger partial charge on any atom is -0.305 e. The average molecular weight is 354 g/mol. The monoisotopic (exact) mass is 354 g/mol. The van der Waals surface area contributed by atoms with E-state index in [1.165, 1.54) is 22.2 Å². The number of rotatable bonds is 3. The number of nitrogens with zero attached hydrogens (tertiary/aromatic N) is 6. The van der Waals surface area contributed by atoms with Crippen molar-refractivity contribution in [2.45, 2.75) is 24.0 Å². The van der Waals surface area contributed by atoms with Gasteiger partial charge in [-0.1, -0.05) is 0 Å². The molecule has 0 atom stereocenters. The van der Waals surface area contributed by atoms with Crippen LogP contribution in [0.5, 0.6) is 0 Å². The minimum absolute atomic E-state index is 0.786. The number of pyridine rings is 1. The van der Waals surface area contributed by atoms with Gasteiger partial charge in [-0.05, 0) is 43.3 Å². The summed E-state index contributed by atoms with van der Waals surface area (Å²) in [7, 11) is 1.95. The number of aromatic nitrogens is 6. The molecule has 0 aliphatic rings. The molecule has 0 aliphatic carbocycles. The van der Waals surface area contributed by atoms with Crippen LogP contribution in [0.25, 0.3) is 21.6 Å². The van der Waals surface area contributed by atoms with Crippen LogP contribution in [0.1, 0.15) is 10.4 Å². The number of hydrogen-bond donors (Lipinski definition) is 0. The lowest BCUT2D eigenvalue weighted by molar-refractivity contribution is 0.792. The van der Waals surface area contributed by atoms with E-state index in [0.717, 1.165) is 31.8 Å². The largest absolute Gasteiger partial charge is 0.305 e. The van der Waals surface area contributed by atoms with Gasteiger partial charge in [-0.15, -0.1) is 21.5 Å². The van der Waals surface area contributed by atoms with Gasteiger partial charge >= 0.3 is 0 Å². The fourth-order valence-corrected chi connectivity index (χ4v) is 4.46. The average Bonchev–Trinajstić information content (AvgIpc) is 3.10. The highest BCUT2D eigenvalue weighted by Crippen LogP contribution is 2.37. The molecule has 0 amide bonds. The van der Waals surface area contributed by atoms with Crippen LogP contribution in [0, 0.1) is 13.8 Å². The third kappa shape index (κ3) is 2.47. The lowest BCUT2D eigenvalue weighted by atomic mass is 10.2. The van der Waals surface area contributed by atoms with Gasteiger partial charge in [0, 0.05) is 35.3 Å². The van der Waals surface area contributed by atoms with E-state index >= 15 is 0 Å². The molecule has 0 bridgehead atoms. The van der Waals surface area contributed by atoms with Crippen molar-refractivity contribution in [3.63, 3.8) is 0 Å². The molecule has 0 unspecified atom stereocenters. The van der Waals surface area contributed by atoms with Gasteiger partial charge < -0.3 is 4.57 Å². The molecule has 4 aromatic rings. The molecule has 6 nitrogen and oxygen atoms in total. The lowest BCUT2D eigenvalue weighted by Gasteiger charge is -2.04. The highest BCUT2D eigenvalue weighted by Gasteiger charge is 2.17. The summed E-state index contributed by atoms with van der Waals surface area (Å²) in [6.45, 7) is 4.22. The van der Waals surface area contributed by atoms with E-state index < -0.39 is 0 Å². The highest BCUT2D eigenvalue weighted by molar-refractivity contribution is 7.99. The van der Waals surface area contributed by atoms with Crippen molar-refractivity contribution in [2.24, 2.45) is 7.05 Å². The zero-order valence-electron chi connectivity index (χ0n) is 13.4. The van der Waals surface area contributed by atoms with Crippen molar-refractivity contribution in [2.75, 3.05) is 0 Å². The van der Waals surface area contributed by atoms with E-state index in [0.29, 0.717) is 0 Å². The summed E-state index contributed by atoms with van der Waals surface area (Å²) in [5, 5.41) is 11.4. The van der Waals surface area contributed by atoms with Crippen molar-refractivity contribution in [3.8, 4) is 11.4 Å². The molecular formula is C16H14N6S2. The lowest BCUT2D eigenvalue weighted by Crippen LogP contribution is -1.95. The quantitative estimate of drug-likeness (QED) is 0.523. The summed E-state index contributed by atoms with van der Waals surface area (Å²) in [6.07, 6.45) is 5.14. The Hall–Kier alpha value is -2.32. The molecule has 0 fully saturated rings. The summed E-state index contributed by atoms with van der Waals surface area (Å²) in [6, 6.07) is 3.86. The Kier molecular flexibility index (Phi) is 3.78. The van der Waals surface area contributed by atoms with Gasteiger partial charge in [0.15, 0.2) is 11.0 Å². The Morgan fingerprint density at radius 2 is 2.04 bits per heavy atom. The zero-order chi connectivity index (χ0) is 16.7. The van der Waals surface area contributed by atoms with E-state index in [4.69, 9.17) is 0 Å². The number of aryl methyl sites for hydroxylation is 2. The molecule has 0 saturated heterocycles. The molecule has 4 aromatic heterocycles. The van der Waals surface area contributed by atoms with Gasteiger partial charge in [0.2, 0.25) is 0 Å². The fraction of sp³-hybridized carbons (Fsp3) is 0.188. The number of fused-ring (bicyclic) bond motifs is 1. The molecule has 0 saturated carbocycles. The summed E-state index contributed by atoms with van der Waals surface area (Å²) in [5.74, 6) is 0.786. The summed E-state index contributed by atoms with van der Waals surface area (Å²) in [5.41, 5.74) is 2.17. The SMILES string of the molecule is Cc1sc2ncnc(Sc3nnc(-c4cccnc4)n3C)c2c1C. The maximum Gasteiger partial charge on any atom is 0.197 e. The first kappa shape index (κ1) is 15.2. The summed E-state index contributed by atoms with van der Waals surface area (Å²) >= 11 is 3.21. The first-order valence-electron chi connectivity index (χ1n) is 7.33. The maximum atomic E-state index is 4.46. The molecule has 0 N–H and O–H groups in total. The molecule has 4 rings (SSSR count). The normalized spacial score (nSPS) is 11.3. The molecular weight excluding hydrogens is 340 g/mol. The first-order chi connectivity index (χ1) is 11.6. The molecule has 0 radical (unpaired) electrons. The first-order valence-corrected chi connectivity index (χ1v) is 8.97. The van der Waals surface area contributed by atoms with Crippen LogP contribution < -0.4 is 0 Å². The summed E-state index contributed by atoms with van der Waals surface area (Å²) < 4.78 is 1.96. The third-order valence-electron chi connectivity index (χ3n) is 3.87. The standard InChI is InChI=1S/C16H14N6S2/c1-9-10(2)23-14-12(9)15(19-8-18-14)24-16-21-20-13(22(16)3)11-5-4-6-17-7-11/h4-8H,1-3H3. The van der Waals surface area contributed by atoms with Gasteiger partial charge in [0.1, 0.15) is 16.2 Å². The Morgan fingerprint density at radius 3 is 2.83 bits per heavy atom. The molecule has 0 aromatic carbocycles. The van der Waals surface area contributed by atoms with Crippen molar-refractivity contribution in [1.29, 1.82) is 0 Å². The fourth-order valence-electron chi connectivity index (χ4n) is 2.46. The third-order valence-corrected chi connectivity index (χ3v) is 6.03. The van der Waals surface area contributed by atoms with Crippen LogP contribution in [0.3, 0.4) is 0 Å². The van der Waals surface area contributed by atoms with Crippen molar-refractivity contribution >= 4 is 33.3 Å². The number of thiophene rings is 1. The summed E-state index contributed by atoms with van der Waals surface area (Å²) in [4.78, 5) is 15.3. The Labute approximate surface area is 147 Å². The Balaban J connectivity index is 1.76. The second-order valence-corrected chi connectivity index (χ2v) is 7.51. The van der Waals surface area contributed by atoms with Crippen molar-refractivity contribution < 1.29 is 0 Å². The second-order valence-electron chi connectivity index (χ2n) is 5.35. The molecule has 120 valence electrons. The smallest absolute Gasteiger partial charge is 0.197 e. The van der Waals surface area contributed by atoms with Gasteiger partial charge in [0.25, 0.3) is 0 Å². The van der Waals surface area contributed by atoms with Crippen LogP contribution in [-0.2, 0) is 7.05 Å². The second kappa shape index (κ2) is 5.95. The van der Waals surface area contributed by atoms with E-state index in [1.807, 2.05) is 23.7 Å². The van der Waals surface area contributed by atoms with E-state index in [1.54, 1.807) is 30.1 Å². The van der Waals surface area contributed by atoms with Gasteiger partial charge in [-0.25, -0.2) is 9.97 Å². The van der Waals surface area contributed by atoms with Crippen LogP contribution in [0.2, 0.25) is 0 Å². The molecule has 0 aliphatic heterocycles. The maximum absolute atomic E-state index is 4.46. The highest BCUT2D eigenvalue weighted by atomic mass is 32.2. The molecule has 4 heterocycles. The van der Waals surface area contributed by atoms with E-state index in [9.17, 15) is 0 Å². The molecule has 24 heavy (non-hydrogen) atoms. The van der Waals surface area contributed by atoms with Crippen LogP contribution in [0.15, 0.2) is 41.0 Å². The van der Waals surface area contributed by atoms with E-state index in [-0.39, 0.29) is 0 Å². The Morgan fingerprint density at radius 1 is 1.17 bits per heavy atom. The predicted octanol–water partition coefficient (Wildman–Crippen LogP) is 3.65. The number of hydrogen-bond acceptors (Lipinski definition) is 7. The van der Waals surface area contributed by atoms with Gasteiger partial charge in [-0.2, -0.15) is 0 Å². The van der Waals surface area contributed by atoms with E-state index in [2.05, 4.69) is 39.0 Å². The topological polar surface area (TPSA) is 69.4 Å². The van der Waals surface area contributed by atoms with Crippen molar-refractivity contribution in [3.05, 3.63) is 41.3 Å². The predicted molar refractivity (Wildman–Crippen MR) is 95.2 cm³/mol. The van der Waals surface area contributed by atoms with Crippen molar-refractivity contribution in [1.82, 2.24) is 29.7 Å². The Bertz CT molecular complexity index is 1020. The van der Waals surface area contributed by atoms with Gasteiger partial charge in [-0.3, -0.25) is 4.98 Å². The van der Waals surface area contributed by atoms with Crippen LogP contribution in [0.4, 0.5) is 0 Å². The van der Waals surface area contributed by atoms with Crippen LogP contribution in [-0.4, -0.2) is 29.7 Å². The van der Waals surface area contributed by atoms with Gasteiger partial charge in [0.05, 0.1) is 0 Å². The zero-order valence-corrected chi connectivity index (χ0v) is 15.0. The molecule has 0 spiro atoms. The van der Waals surface area contributed by atoms with Crippen LogP contribution >= 0.6 is 23.1 Å². The molecule has 8 heteroatoms. The minimum atomic E-state index is 0.786.